The number of aryl methyl sites for hydroxylation is 1. The third-order valence-electron chi connectivity index (χ3n) is 7.23. The smallest absolute Gasteiger partial charge is 0.237 e. The Labute approximate surface area is 223 Å². The maximum atomic E-state index is 13.1. The van der Waals surface area contributed by atoms with Gasteiger partial charge in [0.05, 0.1) is 16.5 Å². The summed E-state index contributed by atoms with van der Waals surface area (Å²) in [5, 5.41) is 12.1. The highest BCUT2D eigenvalue weighted by molar-refractivity contribution is 6.54. The summed E-state index contributed by atoms with van der Waals surface area (Å²) in [6.45, 7) is 6.13. The van der Waals surface area contributed by atoms with E-state index in [0.29, 0.717) is 0 Å². The molecular formula is C33H33N2O3+. The predicted molar refractivity (Wildman–Crippen MR) is 153 cm³/mol. The SMILES string of the molecule is CCCCN1C=CC(=CC2=C(O)C(=Cc3cc[n+](CCCC)c4ccccc34)C(=O)C2=O)c2ccccc21. The van der Waals surface area contributed by atoms with Crippen LogP contribution in [0.4, 0.5) is 5.69 Å². The van der Waals surface area contributed by atoms with E-state index in [1.807, 2.05) is 60.9 Å². The van der Waals surface area contributed by atoms with Crippen LogP contribution in [0.5, 0.6) is 0 Å². The summed E-state index contributed by atoms with van der Waals surface area (Å²) < 4.78 is 2.20. The number of carbonyl (C=O) groups is 2. The number of pyridine rings is 1. The van der Waals surface area contributed by atoms with Gasteiger partial charge in [0.1, 0.15) is 12.3 Å². The van der Waals surface area contributed by atoms with Crippen LogP contribution in [0, 0.1) is 0 Å². The summed E-state index contributed by atoms with van der Waals surface area (Å²) in [6.07, 6.45) is 13.6. The van der Waals surface area contributed by atoms with Crippen molar-refractivity contribution < 1.29 is 19.3 Å². The molecule has 0 bridgehead atoms. The largest absolute Gasteiger partial charge is 0.506 e. The van der Waals surface area contributed by atoms with Crippen molar-refractivity contribution in [1.82, 2.24) is 0 Å². The van der Waals surface area contributed by atoms with Gasteiger partial charge in [0, 0.05) is 42.5 Å². The molecule has 2 heterocycles. The van der Waals surface area contributed by atoms with Crippen molar-refractivity contribution in [2.75, 3.05) is 11.4 Å². The summed E-state index contributed by atoms with van der Waals surface area (Å²) in [5.74, 6) is -1.63. The van der Waals surface area contributed by atoms with Gasteiger partial charge in [-0.3, -0.25) is 9.59 Å². The average molecular weight is 506 g/mol. The van der Waals surface area contributed by atoms with E-state index in [1.54, 1.807) is 12.2 Å². The normalized spacial score (nSPS) is 17.4. The molecule has 0 fully saturated rings. The number of benzene rings is 2. The topological polar surface area (TPSA) is 61.5 Å². The molecule has 5 nitrogen and oxygen atoms in total. The molecule has 5 heteroatoms. The summed E-state index contributed by atoms with van der Waals surface area (Å²) >= 11 is 0. The Balaban J connectivity index is 1.55. The summed E-state index contributed by atoms with van der Waals surface area (Å²) in [5.41, 5.74) is 4.73. The van der Waals surface area contributed by atoms with Gasteiger partial charge in [0.25, 0.3) is 0 Å². The number of aliphatic hydroxyl groups is 1. The van der Waals surface area contributed by atoms with Gasteiger partial charge in [-0.05, 0) is 47.9 Å². The first-order chi connectivity index (χ1) is 18.5. The molecule has 0 saturated heterocycles. The lowest BCUT2D eigenvalue weighted by atomic mass is 9.97. The highest BCUT2D eigenvalue weighted by Gasteiger charge is 2.36. The predicted octanol–water partition coefficient (Wildman–Crippen LogP) is 6.49. The highest BCUT2D eigenvalue weighted by atomic mass is 16.3. The number of unbranched alkanes of at least 4 members (excludes halogenated alkanes) is 2. The van der Waals surface area contributed by atoms with Crippen molar-refractivity contribution in [2.45, 2.75) is 46.1 Å². The minimum absolute atomic E-state index is 0.0379. The summed E-state index contributed by atoms with van der Waals surface area (Å²) in [6, 6.07) is 18.0. The number of aromatic nitrogens is 1. The molecule has 192 valence electrons. The van der Waals surface area contributed by atoms with Crippen LogP contribution < -0.4 is 9.47 Å². The lowest BCUT2D eigenvalue weighted by molar-refractivity contribution is -0.671. The highest BCUT2D eigenvalue weighted by Crippen LogP contribution is 2.36. The second-order valence-corrected chi connectivity index (χ2v) is 9.79. The minimum atomic E-state index is -0.682. The van der Waals surface area contributed by atoms with Gasteiger partial charge < -0.3 is 10.0 Å². The molecule has 3 aromatic rings. The van der Waals surface area contributed by atoms with Crippen molar-refractivity contribution in [3.63, 3.8) is 0 Å². The Kier molecular flexibility index (Phi) is 7.36. The van der Waals surface area contributed by atoms with E-state index >= 15 is 0 Å². The number of Topliss-reactive ketones (excluding diaryl/α,β-unsaturated/α-hetero) is 2. The molecule has 0 saturated carbocycles. The molecular weight excluding hydrogens is 472 g/mol. The number of nitrogens with zero attached hydrogens (tertiary/aromatic N) is 2. The molecule has 0 unspecified atom stereocenters. The molecule has 1 aliphatic carbocycles. The number of hydrogen-bond donors (Lipinski definition) is 1. The number of aliphatic hydroxyl groups excluding tert-OH is 1. The summed E-state index contributed by atoms with van der Waals surface area (Å²) in [7, 11) is 0. The number of anilines is 1. The van der Waals surface area contributed by atoms with E-state index in [9.17, 15) is 14.7 Å². The molecule has 38 heavy (non-hydrogen) atoms. The fraction of sp³-hybridized carbons (Fsp3) is 0.242. The van der Waals surface area contributed by atoms with Crippen molar-refractivity contribution in [2.24, 2.45) is 0 Å². The lowest BCUT2D eigenvalue weighted by Gasteiger charge is -2.27. The Bertz CT molecular complexity index is 1540. The van der Waals surface area contributed by atoms with Crippen LogP contribution in [0.3, 0.4) is 0 Å². The van der Waals surface area contributed by atoms with Crippen LogP contribution in [0.1, 0.15) is 50.7 Å². The fourth-order valence-corrected chi connectivity index (χ4v) is 5.10. The maximum absolute atomic E-state index is 13.1. The Morgan fingerprint density at radius 1 is 0.895 bits per heavy atom. The minimum Gasteiger partial charge on any atom is -0.506 e. The standard InChI is InChI=1S/C33H32N2O3/c1-3-5-17-34-19-15-23(25-11-7-9-13-29(25)34)21-27-31(36)28(33(38)32(27)37)22-24-16-20-35(18-6-4-2)30-14-10-8-12-26(24)30/h7-16,19-22H,3-6,17-18H2,1-2H3/p+1. The zero-order valence-electron chi connectivity index (χ0n) is 22.0. The van der Waals surface area contributed by atoms with Crippen molar-refractivity contribution >= 4 is 39.8 Å². The molecule has 2 aromatic carbocycles. The van der Waals surface area contributed by atoms with Crippen LogP contribution in [0.25, 0.3) is 22.6 Å². The van der Waals surface area contributed by atoms with E-state index < -0.39 is 11.6 Å². The molecule has 0 amide bonds. The quantitative estimate of drug-likeness (QED) is 0.216. The molecule has 0 spiro atoms. The van der Waals surface area contributed by atoms with Gasteiger partial charge in [-0.2, -0.15) is 4.57 Å². The zero-order chi connectivity index (χ0) is 26.6. The van der Waals surface area contributed by atoms with E-state index in [4.69, 9.17) is 0 Å². The third kappa shape index (κ3) is 4.72. The van der Waals surface area contributed by atoms with E-state index in [2.05, 4.69) is 35.4 Å². The van der Waals surface area contributed by atoms with Crippen LogP contribution in [-0.2, 0) is 16.1 Å². The first kappa shape index (κ1) is 25.4. The van der Waals surface area contributed by atoms with Gasteiger partial charge in [-0.15, -0.1) is 0 Å². The molecule has 1 aliphatic heterocycles. The number of allylic oxidation sites excluding steroid dienone is 5. The molecule has 2 aliphatic rings. The summed E-state index contributed by atoms with van der Waals surface area (Å²) in [4.78, 5) is 28.3. The molecule has 0 atom stereocenters. The van der Waals surface area contributed by atoms with Crippen LogP contribution in [0.15, 0.2) is 96.1 Å². The van der Waals surface area contributed by atoms with E-state index in [-0.39, 0.29) is 16.9 Å². The first-order valence-electron chi connectivity index (χ1n) is 13.4. The second-order valence-electron chi connectivity index (χ2n) is 9.79. The molecule has 0 radical (unpaired) electrons. The van der Waals surface area contributed by atoms with Gasteiger partial charge in [-0.1, -0.05) is 57.0 Å². The zero-order valence-corrected chi connectivity index (χ0v) is 22.0. The molecule has 5 rings (SSSR count). The Morgan fingerprint density at radius 2 is 1.66 bits per heavy atom. The fourth-order valence-electron chi connectivity index (χ4n) is 5.10. The average Bonchev–Trinajstić information content (AvgIpc) is 3.14. The molecule has 1 aromatic heterocycles. The Morgan fingerprint density at radius 3 is 2.47 bits per heavy atom. The lowest BCUT2D eigenvalue weighted by Crippen LogP contribution is -2.34. The van der Waals surface area contributed by atoms with Crippen LogP contribution in [0.2, 0.25) is 0 Å². The van der Waals surface area contributed by atoms with Gasteiger partial charge >= 0.3 is 0 Å². The van der Waals surface area contributed by atoms with Gasteiger partial charge in [0.2, 0.25) is 17.1 Å². The monoisotopic (exact) mass is 505 g/mol. The van der Waals surface area contributed by atoms with Crippen molar-refractivity contribution in [3.05, 3.63) is 107 Å². The van der Waals surface area contributed by atoms with Crippen LogP contribution in [-0.4, -0.2) is 23.2 Å². The van der Waals surface area contributed by atoms with Crippen LogP contribution >= 0.6 is 0 Å². The number of carbonyl (C=O) groups excluding carboxylic acids is 2. The maximum Gasteiger partial charge on any atom is 0.237 e. The first-order valence-corrected chi connectivity index (χ1v) is 13.4. The van der Waals surface area contributed by atoms with E-state index in [0.717, 1.165) is 72.1 Å². The third-order valence-corrected chi connectivity index (χ3v) is 7.23. The number of rotatable bonds is 8. The Hall–Kier alpha value is -4.25. The number of para-hydroxylation sites is 2. The van der Waals surface area contributed by atoms with Gasteiger partial charge in [0.15, 0.2) is 6.20 Å². The van der Waals surface area contributed by atoms with E-state index in [1.165, 1.54) is 0 Å². The number of hydrogen-bond acceptors (Lipinski definition) is 4. The van der Waals surface area contributed by atoms with Crippen molar-refractivity contribution in [1.29, 1.82) is 0 Å². The number of ketones is 2. The van der Waals surface area contributed by atoms with Gasteiger partial charge in [-0.25, -0.2) is 0 Å². The molecule has 1 N–H and O–H groups in total. The number of fused-ring (bicyclic) bond motifs is 2. The second kappa shape index (κ2) is 11.0. The van der Waals surface area contributed by atoms with Crippen molar-refractivity contribution in [3.8, 4) is 0 Å².